The van der Waals surface area contributed by atoms with Crippen molar-refractivity contribution in [3.8, 4) is 11.1 Å². The number of esters is 1. The Hall–Kier alpha value is -3.62. The summed E-state index contributed by atoms with van der Waals surface area (Å²) in [5.41, 5.74) is 0.531. The number of hydrogen-bond donors (Lipinski definition) is 1. The van der Waals surface area contributed by atoms with Crippen LogP contribution in [0.2, 0.25) is 0 Å². The second kappa shape index (κ2) is 7.66. The SMILES string of the molecule is CCOC(=O)c1ccccc1-c1ccc2c3[nH]ncc3c(=O)n(C(F)C(F)F)c2c1. The van der Waals surface area contributed by atoms with Gasteiger partial charge in [0.15, 0.2) is 0 Å². The fourth-order valence-corrected chi connectivity index (χ4v) is 3.48. The molecule has 0 saturated heterocycles. The molecule has 1 N–H and O–H groups in total. The second-order valence-electron chi connectivity index (χ2n) is 6.54. The third kappa shape index (κ3) is 3.12. The van der Waals surface area contributed by atoms with E-state index in [0.717, 1.165) is 0 Å². The highest BCUT2D eigenvalue weighted by molar-refractivity contribution is 6.05. The molecule has 2 heterocycles. The number of pyridine rings is 1. The Balaban J connectivity index is 2.03. The highest BCUT2D eigenvalue weighted by Crippen LogP contribution is 2.32. The Kier molecular flexibility index (Phi) is 5.03. The fourth-order valence-electron chi connectivity index (χ4n) is 3.48. The minimum atomic E-state index is -3.40. The van der Waals surface area contributed by atoms with Gasteiger partial charge in [0.25, 0.3) is 12.0 Å². The Morgan fingerprint density at radius 1 is 1.17 bits per heavy atom. The number of carbonyl (C=O) groups is 1. The molecular weight excluding hydrogens is 399 g/mol. The highest BCUT2D eigenvalue weighted by atomic mass is 19.3. The van der Waals surface area contributed by atoms with E-state index in [0.29, 0.717) is 26.6 Å². The van der Waals surface area contributed by atoms with Crippen LogP contribution in [-0.2, 0) is 4.74 Å². The molecule has 0 amide bonds. The average molecular weight is 415 g/mol. The Morgan fingerprint density at radius 2 is 1.93 bits per heavy atom. The number of nitrogens with one attached hydrogen (secondary N) is 1. The smallest absolute Gasteiger partial charge is 0.338 e. The third-order valence-corrected chi connectivity index (χ3v) is 4.80. The monoisotopic (exact) mass is 415 g/mol. The van der Waals surface area contributed by atoms with E-state index >= 15 is 0 Å². The maximum atomic E-state index is 14.4. The molecule has 0 aliphatic rings. The molecule has 2 aromatic carbocycles. The summed E-state index contributed by atoms with van der Waals surface area (Å²) < 4.78 is 46.3. The first kappa shape index (κ1) is 19.7. The number of fused-ring (bicyclic) bond motifs is 3. The summed E-state index contributed by atoms with van der Waals surface area (Å²) in [5, 5.41) is 6.80. The molecule has 1 unspecified atom stereocenters. The van der Waals surface area contributed by atoms with Crippen LogP contribution in [0.5, 0.6) is 0 Å². The van der Waals surface area contributed by atoms with E-state index in [4.69, 9.17) is 4.74 Å². The first-order valence-electron chi connectivity index (χ1n) is 9.14. The van der Waals surface area contributed by atoms with Gasteiger partial charge in [0.2, 0.25) is 6.30 Å². The molecule has 2 aromatic heterocycles. The van der Waals surface area contributed by atoms with Crippen molar-refractivity contribution in [2.24, 2.45) is 0 Å². The summed E-state index contributed by atoms with van der Waals surface area (Å²) in [6, 6.07) is 11.2. The molecule has 1 atom stereocenters. The Labute approximate surface area is 167 Å². The lowest BCUT2D eigenvalue weighted by Gasteiger charge is -2.16. The third-order valence-electron chi connectivity index (χ3n) is 4.80. The van der Waals surface area contributed by atoms with Crippen LogP contribution in [0, 0.1) is 0 Å². The van der Waals surface area contributed by atoms with Gasteiger partial charge >= 0.3 is 5.97 Å². The molecular formula is C21H16F3N3O3. The average Bonchev–Trinajstić information content (AvgIpc) is 3.24. The quantitative estimate of drug-likeness (QED) is 0.489. The molecule has 0 aliphatic heterocycles. The van der Waals surface area contributed by atoms with Gasteiger partial charge < -0.3 is 4.74 Å². The molecule has 0 spiro atoms. The standard InChI is InChI=1S/C21H16F3N3O3/c1-2-30-21(29)13-6-4-3-5-12(13)11-7-8-14-16(9-11)27(19(24)18(22)23)20(28)15-10-25-26-17(14)15/h3-10,18-19H,2H2,1H3,(H,25,26). The van der Waals surface area contributed by atoms with Gasteiger partial charge in [-0.3, -0.25) is 14.5 Å². The largest absolute Gasteiger partial charge is 0.462 e. The van der Waals surface area contributed by atoms with Gasteiger partial charge in [-0.05, 0) is 30.2 Å². The molecule has 4 rings (SSSR count). The van der Waals surface area contributed by atoms with Crippen LogP contribution in [0.4, 0.5) is 13.2 Å². The molecule has 6 nitrogen and oxygen atoms in total. The molecule has 9 heteroatoms. The summed E-state index contributed by atoms with van der Waals surface area (Å²) in [6.07, 6.45) is -5.06. The topological polar surface area (TPSA) is 77.0 Å². The summed E-state index contributed by atoms with van der Waals surface area (Å²) in [7, 11) is 0. The molecule has 0 saturated carbocycles. The van der Waals surface area contributed by atoms with E-state index in [1.54, 1.807) is 43.3 Å². The van der Waals surface area contributed by atoms with Crippen molar-refractivity contribution in [1.29, 1.82) is 0 Å². The number of aromatic amines is 1. The van der Waals surface area contributed by atoms with Crippen molar-refractivity contribution >= 4 is 27.8 Å². The Bertz CT molecular complexity index is 1310. The molecule has 30 heavy (non-hydrogen) atoms. The van der Waals surface area contributed by atoms with Crippen molar-refractivity contribution in [3.63, 3.8) is 0 Å². The number of rotatable bonds is 5. The number of alkyl halides is 3. The lowest BCUT2D eigenvalue weighted by atomic mass is 9.98. The number of nitrogens with zero attached hydrogens (tertiary/aromatic N) is 2. The van der Waals surface area contributed by atoms with E-state index in [2.05, 4.69) is 10.2 Å². The van der Waals surface area contributed by atoms with Crippen LogP contribution in [0.25, 0.3) is 32.9 Å². The fraction of sp³-hybridized carbons (Fsp3) is 0.190. The minimum absolute atomic E-state index is 0.00507. The van der Waals surface area contributed by atoms with Gasteiger partial charge in [0.1, 0.15) is 0 Å². The molecule has 0 bridgehead atoms. The molecule has 154 valence electrons. The van der Waals surface area contributed by atoms with E-state index in [-0.39, 0.29) is 23.1 Å². The van der Waals surface area contributed by atoms with Crippen LogP contribution < -0.4 is 5.56 Å². The minimum Gasteiger partial charge on any atom is -0.462 e. The van der Waals surface area contributed by atoms with Crippen LogP contribution >= 0.6 is 0 Å². The van der Waals surface area contributed by atoms with Gasteiger partial charge in [0.05, 0.1) is 34.8 Å². The Morgan fingerprint density at radius 3 is 2.67 bits per heavy atom. The summed E-state index contributed by atoms with van der Waals surface area (Å²) in [4.78, 5) is 25.0. The number of aromatic nitrogens is 3. The predicted octanol–water partition coefficient (Wildman–Crippen LogP) is 4.45. The maximum absolute atomic E-state index is 14.4. The van der Waals surface area contributed by atoms with Crippen molar-refractivity contribution in [2.45, 2.75) is 19.6 Å². The van der Waals surface area contributed by atoms with Gasteiger partial charge in [-0.15, -0.1) is 0 Å². The maximum Gasteiger partial charge on any atom is 0.338 e. The van der Waals surface area contributed by atoms with Crippen LogP contribution in [0.15, 0.2) is 53.5 Å². The highest BCUT2D eigenvalue weighted by Gasteiger charge is 2.26. The molecule has 0 radical (unpaired) electrons. The number of ether oxygens (including phenoxy) is 1. The van der Waals surface area contributed by atoms with Crippen molar-refractivity contribution in [1.82, 2.24) is 14.8 Å². The molecule has 0 fully saturated rings. The zero-order valence-corrected chi connectivity index (χ0v) is 15.7. The van der Waals surface area contributed by atoms with E-state index in [1.165, 1.54) is 12.3 Å². The van der Waals surface area contributed by atoms with E-state index in [9.17, 15) is 22.8 Å². The van der Waals surface area contributed by atoms with E-state index < -0.39 is 24.2 Å². The van der Waals surface area contributed by atoms with Gasteiger partial charge in [-0.2, -0.15) is 5.10 Å². The lowest BCUT2D eigenvalue weighted by Crippen LogP contribution is -2.27. The van der Waals surface area contributed by atoms with Crippen LogP contribution in [0.1, 0.15) is 23.6 Å². The number of hydrogen-bond acceptors (Lipinski definition) is 4. The molecule has 4 aromatic rings. The summed E-state index contributed by atoms with van der Waals surface area (Å²) >= 11 is 0. The van der Waals surface area contributed by atoms with Crippen molar-refractivity contribution in [3.05, 3.63) is 64.6 Å². The zero-order chi connectivity index (χ0) is 21.4. The van der Waals surface area contributed by atoms with Crippen LogP contribution in [0.3, 0.4) is 0 Å². The normalized spacial score (nSPS) is 12.6. The first-order valence-corrected chi connectivity index (χ1v) is 9.14. The van der Waals surface area contributed by atoms with Gasteiger partial charge in [-0.1, -0.05) is 30.3 Å². The van der Waals surface area contributed by atoms with Gasteiger partial charge in [0, 0.05) is 5.39 Å². The first-order chi connectivity index (χ1) is 14.4. The lowest BCUT2D eigenvalue weighted by molar-refractivity contribution is 0.00889. The number of carbonyl (C=O) groups excluding carboxylic acids is 1. The predicted molar refractivity (Wildman–Crippen MR) is 105 cm³/mol. The summed E-state index contributed by atoms with van der Waals surface area (Å²) in [6.45, 7) is 1.86. The van der Waals surface area contributed by atoms with Crippen molar-refractivity contribution < 1.29 is 22.7 Å². The molecule has 0 aliphatic carbocycles. The number of halogens is 3. The number of H-pyrrole nitrogens is 1. The summed E-state index contributed by atoms with van der Waals surface area (Å²) in [5.74, 6) is -0.550. The number of benzene rings is 2. The van der Waals surface area contributed by atoms with Crippen LogP contribution in [-0.4, -0.2) is 33.8 Å². The zero-order valence-electron chi connectivity index (χ0n) is 15.7. The van der Waals surface area contributed by atoms with Gasteiger partial charge in [-0.25, -0.2) is 18.0 Å². The second-order valence-corrected chi connectivity index (χ2v) is 6.54. The van der Waals surface area contributed by atoms with E-state index in [1.807, 2.05) is 0 Å². The van der Waals surface area contributed by atoms with Crippen molar-refractivity contribution in [2.75, 3.05) is 6.61 Å².